The van der Waals surface area contributed by atoms with Crippen LogP contribution in [0, 0.1) is 11.3 Å². The zero-order valence-electron chi connectivity index (χ0n) is 13.3. The second-order valence-corrected chi connectivity index (χ2v) is 7.22. The third-order valence-corrected chi connectivity index (χ3v) is 3.62. The van der Waals surface area contributed by atoms with E-state index in [1.165, 1.54) is 0 Å². The van der Waals surface area contributed by atoms with E-state index < -0.39 is 11.9 Å². The highest BCUT2D eigenvalue weighted by Crippen LogP contribution is 2.28. The van der Waals surface area contributed by atoms with Gasteiger partial charge < -0.3 is 5.11 Å². The van der Waals surface area contributed by atoms with Gasteiger partial charge in [0.05, 0.1) is 12.5 Å². The number of carboxylic acid groups (broad SMARTS) is 1. The molecule has 0 aliphatic heterocycles. The van der Waals surface area contributed by atoms with E-state index in [2.05, 4.69) is 36.3 Å². The summed E-state index contributed by atoms with van der Waals surface area (Å²) in [5.41, 5.74) is -0.203. The first kappa shape index (κ1) is 16.6. The lowest BCUT2D eigenvalue weighted by atomic mass is 9.84. The number of carbonyl (C=O) groups is 1. The zero-order chi connectivity index (χ0) is 15.6. The van der Waals surface area contributed by atoms with Crippen molar-refractivity contribution in [3.05, 3.63) is 5.82 Å². The van der Waals surface area contributed by atoms with Crippen LogP contribution in [0.25, 0.3) is 0 Å². The Balaban J connectivity index is 2.96. The van der Waals surface area contributed by atoms with Crippen molar-refractivity contribution in [1.29, 1.82) is 0 Å². The molecule has 1 N–H and O–H groups in total. The molecular formula is C14H26N4O2. The molecule has 1 rings (SSSR count). The minimum absolute atomic E-state index is 0.0441. The van der Waals surface area contributed by atoms with Crippen LogP contribution in [0.15, 0.2) is 0 Å². The van der Waals surface area contributed by atoms with Crippen LogP contribution < -0.4 is 0 Å². The zero-order valence-corrected chi connectivity index (χ0v) is 13.3. The van der Waals surface area contributed by atoms with Crippen LogP contribution in [0.2, 0.25) is 0 Å². The van der Waals surface area contributed by atoms with Crippen LogP contribution in [0.3, 0.4) is 0 Å². The molecule has 0 fully saturated rings. The maximum absolute atomic E-state index is 11.5. The van der Waals surface area contributed by atoms with Crippen LogP contribution in [0.5, 0.6) is 0 Å². The molecule has 1 atom stereocenters. The number of aromatic nitrogens is 4. The van der Waals surface area contributed by atoms with E-state index >= 15 is 0 Å². The van der Waals surface area contributed by atoms with Crippen LogP contribution in [0.1, 0.15) is 60.2 Å². The molecule has 0 radical (unpaired) electrons. The summed E-state index contributed by atoms with van der Waals surface area (Å²) < 4.78 is 1.65. The van der Waals surface area contributed by atoms with Gasteiger partial charge in [-0.2, -0.15) is 0 Å². The highest BCUT2D eigenvalue weighted by atomic mass is 16.4. The van der Waals surface area contributed by atoms with E-state index in [9.17, 15) is 9.90 Å². The SMILES string of the molecule is CCC(C)(C)c1nnnn1CC(CC(C)(C)C)C(=O)O. The summed E-state index contributed by atoms with van der Waals surface area (Å²) in [5.74, 6) is -0.527. The Hall–Kier alpha value is -1.46. The second kappa shape index (κ2) is 5.89. The van der Waals surface area contributed by atoms with Gasteiger partial charge in [-0.1, -0.05) is 41.5 Å². The molecule has 20 heavy (non-hydrogen) atoms. The van der Waals surface area contributed by atoms with Crippen LogP contribution in [-0.4, -0.2) is 31.3 Å². The fourth-order valence-corrected chi connectivity index (χ4v) is 2.15. The number of tetrazole rings is 1. The minimum atomic E-state index is -0.796. The van der Waals surface area contributed by atoms with E-state index in [4.69, 9.17) is 0 Å². The van der Waals surface area contributed by atoms with E-state index in [0.717, 1.165) is 12.2 Å². The molecule has 1 aromatic heterocycles. The highest BCUT2D eigenvalue weighted by Gasteiger charge is 2.30. The van der Waals surface area contributed by atoms with Gasteiger partial charge in [-0.3, -0.25) is 4.79 Å². The molecular weight excluding hydrogens is 256 g/mol. The summed E-state index contributed by atoms with van der Waals surface area (Å²) >= 11 is 0. The van der Waals surface area contributed by atoms with Gasteiger partial charge in [0, 0.05) is 5.41 Å². The number of nitrogens with zero attached hydrogens (tertiary/aromatic N) is 4. The Labute approximate surface area is 120 Å². The predicted octanol–water partition coefficient (Wildman–Crippen LogP) is 2.50. The lowest BCUT2D eigenvalue weighted by Crippen LogP contribution is -2.29. The Morgan fingerprint density at radius 1 is 1.30 bits per heavy atom. The van der Waals surface area contributed by atoms with Crippen molar-refractivity contribution in [1.82, 2.24) is 20.2 Å². The molecule has 1 unspecified atom stereocenters. The normalized spacial score (nSPS) is 14.3. The van der Waals surface area contributed by atoms with Gasteiger partial charge in [0.25, 0.3) is 0 Å². The average molecular weight is 282 g/mol. The number of rotatable bonds is 6. The lowest BCUT2D eigenvalue weighted by molar-refractivity contribution is -0.143. The van der Waals surface area contributed by atoms with E-state index in [-0.39, 0.29) is 10.8 Å². The monoisotopic (exact) mass is 282 g/mol. The van der Waals surface area contributed by atoms with Crippen molar-refractivity contribution in [2.45, 2.75) is 66.3 Å². The molecule has 0 amide bonds. The van der Waals surface area contributed by atoms with E-state index in [1.54, 1.807) is 4.68 Å². The van der Waals surface area contributed by atoms with Crippen LogP contribution in [0.4, 0.5) is 0 Å². The topological polar surface area (TPSA) is 80.9 Å². The van der Waals surface area contributed by atoms with Gasteiger partial charge in [0.2, 0.25) is 0 Å². The summed E-state index contributed by atoms with van der Waals surface area (Å²) in [5, 5.41) is 21.2. The summed E-state index contributed by atoms with van der Waals surface area (Å²) in [4.78, 5) is 11.5. The second-order valence-electron chi connectivity index (χ2n) is 7.22. The summed E-state index contributed by atoms with van der Waals surface area (Å²) in [6, 6.07) is 0. The molecule has 0 spiro atoms. The van der Waals surface area contributed by atoms with Gasteiger partial charge in [-0.05, 0) is 28.7 Å². The van der Waals surface area contributed by atoms with Gasteiger partial charge in [0.15, 0.2) is 5.82 Å². The maximum Gasteiger partial charge on any atom is 0.308 e. The molecule has 6 nitrogen and oxygen atoms in total. The minimum Gasteiger partial charge on any atom is -0.481 e. The number of hydrogen-bond acceptors (Lipinski definition) is 4. The maximum atomic E-state index is 11.5. The molecule has 0 saturated carbocycles. The van der Waals surface area contributed by atoms with Gasteiger partial charge in [0.1, 0.15) is 0 Å². The fraction of sp³-hybridized carbons (Fsp3) is 0.857. The van der Waals surface area contributed by atoms with Crippen LogP contribution >= 0.6 is 0 Å². The smallest absolute Gasteiger partial charge is 0.308 e. The Morgan fingerprint density at radius 3 is 2.35 bits per heavy atom. The summed E-state index contributed by atoms with van der Waals surface area (Å²) in [6.07, 6.45) is 1.48. The van der Waals surface area contributed by atoms with Crippen LogP contribution in [-0.2, 0) is 16.8 Å². The van der Waals surface area contributed by atoms with Crippen molar-refractivity contribution >= 4 is 5.97 Å². The first-order valence-electron chi connectivity index (χ1n) is 7.06. The first-order valence-corrected chi connectivity index (χ1v) is 7.06. The molecule has 0 aromatic carbocycles. The van der Waals surface area contributed by atoms with Gasteiger partial charge in [-0.25, -0.2) is 4.68 Å². The predicted molar refractivity (Wildman–Crippen MR) is 76.3 cm³/mol. The summed E-state index contributed by atoms with van der Waals surface area (Å²) in [7, 11) is 0. The largest absolute Gasteiger partial charge is 0.481 e. The van der Waals surface area contributed by atoms with Crippen molar-refractivity contribution in [3.8, 4) is 0 Å². The summed E-state index contributed by atoms with van der Waals surface area (Å²) in [6.45, 7) is 12.6. The molecule has 6 heteroatoms. The Bertz CT molecular complexity index is 460. The standard InChI is InChI=1S/C14H26N4O2/c1-7-14(5,6)12-15-16-17-18(12)9-10(11(19)20)8-13(2,3)4/h10H,7-9H2,1-6H3,(H,19,20). The first-order chi connectivity index (χ1) is 9.07. The Kier molecular flexibility index (Phi) is 4.89. The molecule has 1 heterocycles. The molecule has 114 valence electrons. The molecule has 0 aliphatic rings. The lowest BCUT2D eigenvalue weighted by Gasteiger charge is -2.25. The average Bonchev–Trinajstić information content (AvgIpc) is 2.75. The number of hydrogen-bond donors (Lipinski definition) is 1. The Morgan fingerprint density at radius 2 is 1.90 bits per heavy atom. The van der Waals surface area contributed by atoms with E-state index in [0.29, 0.717) is 13.0 Å². The highest BCUT2D eigenvalue weighted by molar-refractivity contribution is 5.69. The quantitative estimate of drug-likeness (QED) is 0.867. The third kappa shape index (κ3) is 4.28. The van der Waals surface area contributed by atoms with E-state index in [1.807, 2.05) is 20.8 Å². The molecule has 0 aliphatic carbocycles. The number of carboxylic acids is 1. The third-order valence-electron chi connectivity index (χ3n) is 3.62. The fourth-order valence-electron chi connectivity index (χ4n) is 2.15. The van der Waals surface area contributed by atoms with Crippen molar-refractivity contribution in [3.63, 3.8) is 0 Å². The number of aliphatic carboxylic acids is 1. The molecule has 1 aromatic rings. The van der Waals surface area contributed by atoms with Gasteiger partial charge >= 0.3 is 5.97 Å². The van der Waals surface area contributed by atoms with Gasteiger partial charge in [-0.15, -0.1) is 5.10 Å². The van der Waals surface area contributed by atoms with Crippen molar-refractivity contribution < 1.29 is 9.90 Å². The molecule has 0 saturated heterocycles. The molecule has 0 bridgehead atoms. The van der Waals surface area contributed by atoms with Crippen molar-refractivity contribution in [2.24, 2.45) is 11.3 Å². The van der Waals surface area contributed by atoms with Crippen molar-refractivity contribution in [2.75, 3.05) is 0 Å².